The zero-order chi connectivity index (χ0) is 14.6. The Morgan fingerprint density at radius 2 is 1.81 bits per heavy atom. The molecule has 0 aromatic carbocycles. The molecule has 0 aliphatic heterocycles. The molecule has 4 fully saturated rings. The third-order valence-electron chi connectivity index (χ3n) is 5.36. The van der Waals surface area contributed by atoms with Crippen molar-refractivity contribution in [3.05, 3.63) is 21.6 Å². The fraction of sp³-hybridized carbons (Fsp3) is 0.714. The zero-order valence-electron chi connectivity index (χ0n) is 11.6. The second-order valence-electron chi connectivity index (χ2n) is 6.95. The van der Waals surface area contributed by atoms with Crippen LogP contribution in [0, 0.1) is 27.9 Å². The van der Waals surface area contributed by atoms with E-state index in [1.165, 1.54) is 25.5 Å². The van der Waals surface area contributed by atoms with Gasteiger partial charge in [-0.3, -0.25) is 10.1 Å². The molecule has 5 rings (SSSR count). The van der Waals surface area contributed by atoms with Crippen molar-refractivity contribution in [2.75, 3.05) is 5.32 Å². The smallest absolute Gasteiger partial charge is 0.329 e. The van der Waals surface area contributed by atoms with Crippen molar-refractivity contribution < 1.29 is 4.92 Å². The van der Waals surface area contributed by atoms with Crippen molar-refractivity contribution in [1.29, 1.82) is 0 Å². The quantitative estimate of drug-likeness (QED) is 0.525. The molecule has 0 atom stereocenters. The minimum Gasteiger partial charge on any atom is -0.359 e. The predicted molar refractivity (Wildman–Crippen MR) is 78.2 cm³/mol. The number of hydrogen-bond donors (Lipinski definition) is 1. The fourth-order valence-corrected chi connectivity index (χ4v) is 5.23. The highest BCUT2D eigenvalue weighted by molar-refractivity contribution is 6.28. The molecule has 0 radical (unpaired) electrons. The van der Waals surface area contributed by atoms with Gasteiger partial charge >= 0.3 is 5.69 Å². The van der Waals surface area contributed by atoms with Gasteiger partial charge in [-0.1, -0.05) is 0 Å². The first-order valence-corrected chi connectivity index (χ1v) is 7.86. The van der Waals surface area contributed by atoms with Crippen LogP contribution in [0.5, 0.6) is 0 Å². The van der Waals surface area contributed by atoms with E-state index in [0.717, 1.165) is 37.0 Å². The van der Waals surface area contributed by atoms with Gasteiger partial charge in [0.1, 0.15) is 6.20 Å². The maximum Gasteiger partial charge on any atom is 0.329 e. The van der Waals surface area contributed by atoms with Gasteiger partial charge in [-0.15, -0.1) is 0 Å². The fourth-order valence-electron chi connectivity index (χ4n) is 5.09. The molecule has 4 aliphatic carbocycles. The number of nitro groups is 1. The van der Waals surface area contributed by atoms with Crippen LogP contribution < -0.4 is 5.32 Å². The Labute approximate surface area is 127 Å². The van der Waals surface area contributed by atoms with Gasteiger partial charge < -0.3 is 5.32 Å². The molecule has 6 nitrogen and oxygen atoms in total. The minimum absolute atomic E-state index is 0.0306. The Morgan fingerprint density at radius 1 is 1.24 bits per heavy atom. The average molecular weight is 309 g/mol. The number of nitrogens with zero attached hydrogens (tertiary/aromatic N) is 3. The molecule has 21 heavy (non-hydrogen) atoms. The summed E-state index contributed by atoms with van der Waals surface area (Å²) in [4.78, 5) is 18.5. The summed E-state index contributed by atoms with van der Waals surface area (Å²) < 4.78 is 0. The van der Waals surface area contributed by atoms with Crippen LogP contribution in [-0.2, 0) is 0 Å². The lowest BCUT2D eigenvalue weighted by molar-refractivity contribution is -0.384. The summed E-state index contributed by atoms with van der Waals surface area (Å²) in [6.07, 6.45) is 8.46. The largest absolute Gasteiger partial charge is 0.359 e. The Kier molecular flexibility index (Phi) is 2.86. The molecule has 4 bridgehead atoms. The van der Waals surface area contributed by atoms with Crippen molar-refractivity contribution in [3.63, 3.8) is 0 Å². The molecular weight excluding hydrogens is 292 g/mol. The first-order chi connectivity index (χ1) is 10.0. The molecule has 0 saturated heterocycles. The molecule has 0 spiro atoms. The Hall–Kier alpha value is -1.43. The van der Waals surface area contributed by atoms with Gasteiger partial charge in [-0.25, -0.2) is 4.98 Å². The van der Waals surface area contributed by atoms with Crippen LogP contribution >= 0.6 is 11.6 Å². The summed E-state index contributed by atoms with van der Waals surface area (Å²) >= 11 is 5.82. The van der Waals surface area contributed by atoms with E-state index in [0.29, 0.717) is 0 Å². The van der Waals surface area contributed by atoms with Gasteiger partial charge in [0.25, 0.3) is 0 Å². The Morgan fingerprint density at radius 3 is 2.33 bits per heavy atom. The summed E-state index contributed by atoms with van der Waals surface area (Å²) in [5.41, 5.74) is -0.118. The average Bonchev–Trinajstić information content (AvgIpc) is 2.35. The molecule has 1 aromatic rings. The van der Waals surface area contributed by atoms with E-state index in [-0.39, 0.29) is 22.3 Å². The second-order valence-corrected chi connectivity index (χ2v) is 7.29. The van der Waals surface area contributed by atoms with Gasteiger partial charge in [0.15, 0.2) is 0 Å². The molecule has 0 amide bonds. The van der Waals surface area contributed by atoms with Gasteiger partial charge in [0, 0.05) is 5.54 Å². The van der Waals surface area contributed by atoms with Crippen LogP contribution in [-0.4, -0.2) is 20.4 Å². The maximum atomic E-state index is 11.2. The summed E-state index contributed by atoms with van der Waals surface area (Å²) in [6, 6.07) is 0. The molecule has 4 aliphatic rings. The van der Waals surface area contributed by atoms with Gasteiger partial charge in [0.05, 0.1) is 4.92 Å². The summed E-state index contributed by atoms with van der Waals surface area (Å²) in [6.45, 7) is 0. The lowest BCUT2D eigenvalue weighted by Crippen LogP contribution is -2.55. The zero-order valence-corrected chi connectivity index (χ0v) is 12.3. The molecule has 4 saturated carbocycles. The molecule has 112 valence electrons. The monoisotopic (exact) mass is 308 g/mol. The van der Waals surface area contributed by atoms with Gasteiger partial charge in [-0.2, -0.15) is 4.98 Å². The number of aromatic nitrogens is 2. The van der Waals surface area contributed by atoms with Crippen molar-refractivity contribution in [3.8, 4) is 0 Å². The molecule has 0 unspecified atom stereocenters. The second kappa shape index (κ2) is 4.53. The number of nitrogens with one attached hydrogen (secondary N) is 1. The first kappa shape index (κ1) is 13.2. The van der Waals surface area contributed by atoms with E-state index >= 15 is 0 Å². The summed E-state index contributed by atoms with van der Waals surface area (Å²) in [5.74, 6) is 2.57. The first-order valence-electron chi connectivity index (χ1n) is 7.48. The normalized spacial score (nSPS) is 36.7. The number of anilines is 1. The SMILES string of the molecule is O=[N+]([O-])c1cnc(Cl)nc1NC12CC3CC(CC(C3)C1)C2. The highest BCUT2D eigenvalue weighted by Crippen LogP contribution is 2.56. The number of rotatable bonds is 3. The molecule has 1 N–H and O–H groups in total. The van der Waals surface area contributed by atoms with Crippen LogP contribution in [0.1, 0.15) is 38.5 Å². The Bertz CT molecular complexity index is 571. The van der Waals surface area contributed by atoms with Crippen LogP contribution in [0.2, 0.25) is 5.28 Å². The highest BCUT2D eigenvalue weighted by Gasteiger charge is 2.51. The van der Waals surface area contributed by atoms with E-state index in [1.807, 2.05) is 0 Å². The van der Waals surface area contributed by atoms with E-state index in [9.17, 15) is 10.1 Å². The van der Waals surface area contributed by atoms with E-state index < -0.39 is 4.92 Å². The third kappa shape index (κ3) is 2.25. The third-order valence-corrected chi connectivity index (χ3v) is 5.54. The standard InChI is InChI=1S/C14H17ClN4O2/c15-13-16-7-11(19(20)21)12(17-13)18-14-4-8-1-9(5-14)3-10(2-8)6-14/h7-10H,1-6H2,(H,16,17,18). The number of halogens is 1. The van der Waals surface area contributed by atoms with Crippen molar-refractivity contribution in [2.24, 2.45) is 17.8 Å². The lowest BCUT2D eigenvalue weighted by atomic mass is 9.53. The minimum atomic E-state index is -0.445. The van der Waals surface area contributed by atoms with Crippen LogP contribution in [0.3, 0.4) is 0 Å². The van der Waals surface area contributed by atoms with Crippen molar-refractivity contribution >= 4 is 23.1 Å². The molecule has 7 heteroatoms. The van der Waals surface area contributed by atoms with Gasteiger partial charge in [0.2, 0.25) is 11.1 Å². The van der Waals surface area contributed by atoms with Crippen LogP contribution in [0.25, 0.3) is 0 Å². The van der Waals surface area contributed by atoms with E-state index in [2.05, 4.69) is 15.3 Å². The van der Waals surface area contributed by atoms with E-state index in [1.54, 1.807) is 0 Å². The van der Waals surface area contributed by atoms with Gasteiger partial charge in [-0.05, 0) is 67.9 Å². The number of hydrogen-bond acceptors (Lipinski definition) is 5. The maximum absolute atomic E-state index is 11.2. The topological polar surface area (TPSA) is 81.0 Å². The van der Waals surface area contributed by atoms with Crippen LogP contribution in [0.15, 0.2) is 6.20 Å². The lowest BCUT2D eigenvalue weighted by Gasteiger charge is -2.57. The van der Waals surface area contributed by atoms with Crippen molar-refractivity contribution in [2.45, 2.75) is 44.1 Å². The summed E-state index contributed by atoms with van der Waals surface area (Å²) in [5, 5.41) is 14.6. The summed E-state index contributed by atoms with van der Waals surface area (Å²) in [7, 11) is 0. The Balaban J connectivity index is 1.67. The predicted octanol–water partition coefficient (Wildman–Crippen LogP) is 3.42. The molecule has 1 aromatic heterocycles. The van der Waals surface area contributed by atoms with E-state index in [4.69, 9.17) is 11.6 Å². The highest BCUT2D eigenvalue weighted by atomic mass is 35.5. The molecule has 1 heterocycles. The molecular formula is C14H17ClN4O2. The van der Waals surface area contributed by atoms with Crippen LogP contribution in [0.4, 0.5) is 11.5 Å². The van der Waals surface area contributed by atoms with Crippen molar-refractivity contribution in [1.82, 2.24) is 9.97 Å².